The standard InChI is InChI=1S/C18H23NO4/c1-21-15-8-6-14(7-9-15)16-5-3-2-4-10-19(16)18(20)17-13-22-11-12-23-17/h6-9,13,16H,2-5,10-12H2,1H3/t16-/m0/s1. The lowest BCUT2D eigenvalue weighted by molar-refractivity contribution is -0.134. The fourth-order valence-corrected chi connectivity index (χ4v) is 3.15. The van der Waals surface area contributed by atoms with Crippen molar-refractivity contribution in [3.05, 3.63) is 41.9 Å². The van der Waals surface area contributed by atoms with E-state index in [9.17, 15) is 4.79 Å². The molecule has 1 amide bonds. The first kappa shape index (κ1) is 15.7. The maximum atomic E-state index is 12.8. The van der Waals surface area contributed by atoms with Gasteiger partial charge in [0.15, 0.2) is 0 Å². The highest BCUT2D eigenvalue weighted by Crippen LogP contribution is 2.32. The van der Waals surface area contributed by atoms with E-state index in [2.05, 4.69) is 0 Å². The molecule has 1 fully saturated rings. The highest BCUT2D eigenvalue weighted by molar-refractivity contribution is 5.91. The molecule has 0 aromatic heterocycles. The third kappa shape index (κ3) is 3.60. The molecule has 1 atom stereocenters. The summed E-state index contributed by atoms with van der Waals surface area (Å²) in [5.74, 6) is 1.07. The highest BCUT2D eigenvalue weighted by atomic mass is 16.6. The van der Waals surface area contributed by atoms with E-state index in [1.165, 1.54) is 6.26 Å². The van der Waals surface area contributed by atoms with Gasteiger partial charge in [-0.3, -0.25) is 4.79 Å². The number of hydrogen-bond donors (Lipinski definition) is 0. The summed E-state index contributed by atoms with van der Waals surface area (Å²) in [6.07, 6.45) is 5.70. The third-order valence-electron chi connectivity index (χ3n) is 4.37. The van der Waals surface area contributed by atoms with Crippen LogP contribution < -0.4 is 4.74 Å². The zero-order valence-electron chi connectivity index (χ0n) is 13.5. The van der Waals surface area contributed by atoms with Crippen molar-refractivity contribution in [3.8, 4) is 5.75 Å². The molecule has 2 aliphatic heterocycles. The second kappa shape index (κ2) is 7.40. The lowest BCUT2D eigenvalue weighted by Crippen LogP contribution is -2.37. The van der Waals surface area contributed by atoms with Gasteiger partial charge in [0.05, 0.1) is 13.2 Å². The van der Waals surface area contributed by atoms with Gasteiger partial charge in [0.25, 0.3) is 5.91 Å². The van der Waals surface area contributed by atoms with E-state index < -0.39 is 0 Å². The zero-order valence-corrected chi connectivity index (χ0v) is 13.5. The Kier molecular flexibility index (Phi) is 5.05. The molecule has 5 nitrogen and oxygen atoms in total. The second-order valence-electron chi connectivity index (χ2n) is 5.84. The Morgan fingerprint density at radius 1 is 1.17 bits per heavy atom. The van der Waals surface area contributed by atoms with E-state index in [0.29, 0.717) is 19.0 Å². The van der Waals surface area contributed by atoms with Crippen LogP contribution in [0.2, 0.25) is 0 Å². The van der Waals surface area contributed by atoms with Gasteiger partial charge in [0.2, 0.25) is 5.76 Å². The summed E-state index contributed by atoms with van der Waals surface area (Å²) >= 11 is 0. The number of carbonyl (C=O) groups is 1. The normalized spacial score (nSPS) is 21.5. The van der Waals surface area contributed by atoms with Crippen LogP contribution in [0.4, 0.5) is 0 Å². The van der Waals surface area contributed by atoms with E-state index in [1.54, 1.807) is 7.11 Å². The lowest BCUT2D eigenvalue weighted by Gasteiger charge is -2.31. The fourth-order valence-electron chi connectivity index (χ4n) is 3.15. The minimum Gasteiger partial charge on any atom is -0.497 e. The maximum Gasteiger partial charge on any atom is 0.292 e. The Balaban J connectivity index is 1.84. The number of hydrogen-bond acceptors (Lipinski definition) is 4. The van der Waals surface area contributed by atoms with Gasteiger partial charge in [0.1, 0.15) is 25.2 Å². The zero-order chi connectivity index (χ0) is 16.1. The molecule has 0 saturated carbocycles. The minimum atomic E-state index is -0.0765. The first-order valence-electron chi connectivity index (χ1n) is 8.19. The van der Waals surface area contributed by atoms with Crippen LogP contribution in [0.1, 0.15) is 37.3 Å². The topological polar surface area (TPSA) is 48.0 Å². The van der Waals surface area contributed by atoms with Gasteiger partial charge in [-0.2, -0.15) is 0 Å². The first-order chi connectivity index (χ1) is 11.3. The molecule has 0 spiro atoms. The molecule has 0 N–H and O–H groups in total. The Labute approximate surface area is 136 Å². The van der Waals surface area contributed by atoms with E-state index in [1.807, 2.05) is 29.2 Å². The van der Waals surface area contributed by atoms with Crippen LogP contribution in [0.3, 0.4) is 0 Å². The SMILES string of the molecule is COc1ccc([C@@H]2CCCCCN2C(=O)C2=COCCO2)cc1. The maximum absolute atomic E-state index is 12.8. The van der Waals surface area contributed by atoms with Crippen LogP contribution in [-0.2, 0) is 14.3 Å². The molecule has 124 valence electrons. The average molecular weight is 317 g/mol. The lowest BCUT2D eigenvalue weighted by atomic mass is 10.0. The number of rotatable bonds is 3. The Hall–Kier alpha value is -2.17. The van der Waals surface area contributed by atoms with Crippen molar-refractivity contribution >= 4 is 5.91 Å². The van der Waals surface area contributed by atoms with Crippen LogP contribution in [0.5, 0.6) is 5.75 Å². The van der Waals surface area contributed by atoms with Gasteiger partial charge < -0.3 is 19.1 Å². The quantitative estimate of drug-likeness (QED) is 0.860. The van der Waals surface area contributed by atoms with Crippen LogP contribution in [-0.4, -0.2) is 37.7 Å². The molecular formula is C18H23NO4. The summed E-state index contributed by atoms with van der Waals surface area (Å²) in [7, 11) is 1.66. The monoisotopic (exact) mass is 317 g/mol. The average Bonchev–Trinajstić information content (AvgIpc) is 2.88. The Bertz CT molecular complexity index is 567. The predicted molar refractivity (Wildman–Crippen MR) is 85.9 cm³/mol. The van der Waals surface area contributed by atoms with Crippen molar-refractivity contribution < 1.29 is 19.0 Å². The van der Waals surface area contributed by atoms with E-state index >= 15 is 0 Å². The number of amides is 1. The third-order valence-corrected chi connectivity index (χ3v) is 4.37. The molecule has 1 saturated heterocycles. The van der Waals surface area contributed by atoms with Crippen molar-refractivity contribution in [1.29, 1.82) is 0 Å². The van der Waals surface area contributed by atoms with Crippen LogP contribution >= 0.6 is 0 Å². The summed E-state index contributed by atoms with van der Waals surface area (Å²) in [4.78, 5) is 14.8. The molecule has 1 aromatic rings. The summed E-state index contributed by atoms with van der Waals surface area (Å²) in [5.41, 5.74) is 1.14. The van der Waals surface area contributed by atoms with Crippen LogP contribution in [0, 0.1) is 0 Å². The van der Waals surface area contributed by atoms with Gasteiger partial charge in [-0.1, -0.05) is 25.0 Å². The molecule has 3 rings (SSSR count). The smallest absolute Gasteiger partial charge is 0.292 e. The Morgan fingerprint density at radius 3 is 2.70 bits per heavy atom. The summed E-state index contributed by atoms with van der Waals surface area (Å²) < 4.78 is 15.9. The molecule has 0 aliphatic carbocycles. The van der Waals surface area contributed by atoms with Gasteiger partial charge >= 0.3 is 0 Å². The number of nitrogens with zero attached hydrogens (tertiary/aromatic N) is 1. The molecule has 2 heterocycles. The molecule has 5 heteroatoms. The van der Waals surface area contributed by atoms with Crippen LogP contribution in [0.25, 0.3) is 0 Å². The number of methoxy groups -OCH3 is 1. The van der Waals surface area contributed by atoms with Crippen molar-refractivity contribution in [3.63, 3.8) is 0 Å². The van der Waals surface area contributed by atoms with Gasteiger partial charge in [-0.05, 0) is 30.5 Å². The number of carbonyl (C=O) groups excluding carboxylic acids is 1. The summed E-state index contributed by atoms with van der Waals surface area (Å²) in [5, 5.41) is 0. The second-order valence-corrected chi connectivity index (χ2v) is 5.84. The van der Waals surface area contributed by atoms with Crippen molar-refractivity contribution in [2.24, 2.45) is 0 Å². The molecule has 0 unspecified atom stereocenters. The fraction of sp³-hybridized carbons (Fsp3) is 0.500. The van der Waals surface area contributed by atoms with Gasteiger partial charge in [0, 0.05) is 6.54 Å². The molecule has 0 radical (unpaired) electrons. The molecule has 0 bridgehead atoms. The largest absolute Gasteiger partial charge is 0.497 e. The number of ether oxygens (including phenoxy) is 3. The van der Waals surface area contributed by atoms with E-state index in [0.717, 1.165) is 43.5 Å². The van der Waals surface area contributed by atoms with E-state index in [4.69, 9.17) is 14.2 Å². The highest BCUT2D eigenvalue weighted by Gasteiger charge is 2.30. The van der Waals surface area contributed by atoms with E-state index in [-0.39, 0.29) is 11.9 Å². The summed E-state index contributed by atoms with van der Waals surface area (Å²) in [6, 6.07) is 8.05. The minimum absolute atomic E-state index is 0.0716. The molecule has 23 heavy (non-hydrogen) atoms. The van der Waals surface area contributed by atoms with Crippen molar-refractivity contribution in [1.82, 2.24) is 4.90 Å². The predicted octanol–water partition coefficient (Wildman–Crippen LogP) is 3.03. The molecule has 1 aromatic carbocycles. The molecular weight excluding hydrogens is 294 g/mol. The van der Waals surface area contributed by atoms with Gasteiger partial charge in [-0.15, -0.1) is 0 Å². The first-order valence-corrected chi connectivity index (χ1v) is 8.19. The van der Waals surface area contributed by atoms with Gasteiger partial charge in [-0.25, -0.2) is 0 Å². The van der Waals surface area contributed by atoms with Crippen molar-refractivity contribution in [2.45, 2.75) is 31.7 Å². The van der Waals surface area contributed by atoms with Crippen LogP contribution in [0.15, 0.2) is 36.3 Å². The molecule has 2 aliphatic rings. The number of likely N-dealkylation sites (tertiary alicyclic amines) is 1. The Morgan fingerprint density at radius 2 is 2.00 bits per heavy atom. The summed E-state index contributed by atoms with van der Waals surface area (Å²) in [6.45, 7) is 1.67. The van der Waals surface area contributed by atoms with Crippen molar-refractivity contribution in [2.75, 3.05) is 26.9 Å². The number of benzene rings is 1.